The first-order valence-electron chi connectivity index (χ1n) is 5.28. The Hall–Kier alpha value is -2.04. The molecule has 0 saturated heterocycles. The molecule has 1 aromatic rings. The molecule has 0 fully saturated rings. The second-order valence-electron chi connectivity index (χ2n) is 3.90. The van der Waals surface area contributed by atoms with Gasteiger partial charge in [-0.1, -0.05) is 6.92 Å². The standard InChI is InChI=1S/C12H13NO4/c1-7-6-17-10-5-8(12(15)16-2)3-4-9(10)13-11(7)14/h3-5,7H,6H2,1-2H3,(H,13,14)/t7-/m0/s1. The van der Waals surface area contributed by atoms with Crippen molar-refractivity contribution in [2.45, 2.75) is 6.92 Å². The average Bonchev–Trinajstić information content (AvgIpc) is 2.48. The average molecular weight is 235 g/mol. The van der Waals surface area contributed by atoms with Crippen LogP contribution in [0, 0.1) is 5.92 Å². The first kappa shape index (κ1) is 11.4. The van der Waals surface area contributed by atoms with Crippen LogP contribution in [-0.4, -0.2) is 25.6 Å². The second kappa shape index (κ2) is 4.45. The van der Waals surface area contributed by atoms with Gasteiger partial charge in [-0.2, -0.15) is 0 Å². The summed E-state index contributed by atoms with van der Waals surface area (Å²) in [5, 5.41) is 2.74. The van der Waals surface area contributed by atoms with E-state index in [1.807, 2.05) is 0 Å². The van der Waals surface area contributed by atoms with Gasteiger partial charge >= 0.3 is 5.97 Å². The number of anilines is 1. The van der Waals surface area contributed by atoms with Crippen molar-refractivity contribution in [1.82, 2.24) is 0 Å². The maximum atomic E-state index is 11.6. The Bertz CT molecular complexity index is 470. The molecule has 1 atom stereocenters. The van der Waals surface area contributed by atoms with E-state index in [1.165, 1.54) is 7.11 Å². The van der Waals surface area contributed by atoms with E-state index in [4.69, 9.17) is 4.74 Å². The highest BCUT2D eigenvalue weighted by Crippen LogP contribution is 2.29. The Morgan fingerprint density at radius 2 is 2.29 bits per heavy atom. The molecule has 0 saturated carbocycles. The molecule has 1 amide bonds. The molecule has 0 unspecified atom stereocenters. The lowest BCUT2D eigenvalue weighted by Crippen LogP contribution is -2.21. The number of rotatable bonds is 1. The molecule has 1 heterocycles. The number of nitrogens with one attached hydrogen (secondary N) is 1. The zero-order valence-corrected chi connectivity index (χ0v) is 9.65. The number of carbonyl (C=O) groups excluding carboxylic acids is 2. The smallest absolute Gasteiger partial charge is 0.337 e. The summed E-state index contributed by atoms with van der Waals surface area (Å²) in [5.41, 5.74) is 0.974. The van der Waals surface area contributed by atoms with Crippen LogP contribution < -0.4 is 10.1 Å². The Balaban J connectivity index is 2.34. The van der Waals surface area contributed by atoms with Gasteiger partial charge in [0.2, 0.25) is 5.91 Å². The highest BCUT2D eigenvalue weighted by Gasteiger charge is 2.21. The lowest BCUT2D eigenvalue weighted by atomic mass is 10.2. The molecule has 17 heavy (non-hydrogen) atoms. The normalized spacial score (nSPS) is 18.5. The molecular weight excluding hydrogens is 222 g/mol. The van der Waals surface area contributed by atoms with Crippen LogP contribution in [0.3, 0.4) is 0 Å². The molecule has 1 aromatic carbocycles. The maximum Gasteiger partial charge on any atom is 0.337 e. The van der Waals surface area contributed by atoms with Gasteiger partial charge in [0.25, 0.3) is 0 Å². The summed E-state index contributed by atoms with van der Waals surface area (Å²) in [6.45, 7) is 2.08. The van der Waals surface area contributed by atoms with Crippen molar-refractivity contribution in [1.29, 1.82) is 0 Å². The first-order chi connectivity index (χ1) is 8.11. The van der Waals surface area contributed by atoms with E-state index in [9.17, 15) is 9.59 Å². The quantitative estimate of drug-likeness (QED) is 0.748. The highest BCUT2D eigenvalue weighted by molar-refractivity contribution is 5.96. The van der Waals surface area contributed by atoms with E-state index in [0.717, 1.165) is 0 Å². The fourth-order valence-electron chi connectivity index (χ4n) is 1.54. The number of methoxy groups -OCH3 is 1. The number of ether oxygens (including phenoxy) is 2. The number of benzene rings is 1. The van der Waals surface area contributed by atoms with Crippen molar-refractivity contribution in [2.24, 2.45) is 5.92 Å². The van der Waals surface area contributed by atoms with Crippen LogP contribution in [0.4, 0.5) is 5.69 Å². The summed E-state index contributed by atoms with van der Waals surface area (Å²) in [7, 11) is 1.32. The number of fused-ring (bicyclic) bond motifs is 1. The van der Waals surface area contributed by atoms with E-state index >= 15 is 0 Å². The van der Waals surface area contributed by atoms with Crippen LogP contribution in [0.2, 0.25) is 0 Å². The fourth-order valence-corrected chi connectivity index (χ4v) is 1.54. The summed E-state index contributed by atoms with van der Waals surface area (Å²) >= 11 is 0. The highest BCUT2D eigenvalue weighted by atomic mass is 16.5. The Kier molecular flexibility index (Phi) is 2.99. The van der Waals surface area contributed by atoms with Crippen molar-refractivity contribution in [3.05, 3.63) is 23.8 Å². The van der Waals surface area contributed by atoms with Crippen LogP contribution in [-0.2, 0) is 9.53 Å². The van der Waals surface area contributed by atoms with E-state index in [2.05, 4.69) is 10.1 Å². The van der Waals surface area contributed by atoms with Gasteiger partial charge in [-0.25, -0.2) is 4.79 Å². The third-order valence-electron chi connectivity index (χ3n) is 2.60. The topological polar surface area (TPSA) is 64.6 Å². The molecule has 90 valence electrons. The molecule has 0 spiro atoms. The Morgan fingerprint density at radius 3 is 3.00 bits per heavy atom. The summed E-state index contributed by atoms with van der Waals surface area (Å²) in [4.78, 5) is 22.9. The molecule has 0 radical (unpaired) electrons. The molecular formula is C12H13NO4. The van der Waals surface area contributed by atoms with Gasteiger partial charge in [0.05, 0.1) is 30.9 Å². The van der Waals surface area contributed by atoms with Crippen molar-refractivity contribution < 1.29 is 19.1 Å². The van der Waals surface area contributed by atoms with Gasteiger partial charge in [-0.15, -0.1) is 0 Å². The van der Waals surface area contributed by atoms with Crippen LogP contribution in [0.1, 0.15) is 17.3 Å². The van der Waals surface area contributed by atoms with Crippen molar-refractivity contribution in [2.75, 3.05) is 19.0 Å². The van der Waals surface area contributed by atoms with Crippen molar-refractivity contribution in [3.63, 3.8) is 0 Å². The SMILES string of the molecule is COC(=O)c1ccc2c(c1)OC[C@H](C)C(=O)N2. The molecule has 0 aliphatic carbocycles. The minimum Gasteiger partial charge on any atom is -0.491 e. The number of carbonyl (C=O) groups is 2. The summed E-state index contributed by atoms with van der Waals surface area (Å²) in [6.07, 6.45) is 0. The third-order valence-corrected chi connectivity index (χ3v) is 2.60. The van der Waals surface area contributed by atoms with Gasteiger partial charge in [0.1, 0.15) is 5.75 Å². The molecule has 2 rings (SSSR count). The predicted molar refractivity (Wildman–Crippen MR) is 61.1 cm³/mol. The largest absolute Gasteiger partial charge is 0.491 e. The lowest BCUT2D eigenvalue weighted by Gasteiger charge is -2.08. The van der Waals surface area contributed by atoms with Crippen molar-refractivity contribution in [3.8, 4) is 5.75 Å². The van der Waals surface area contributed by atoms with E-state index in [0.29, 0.717) is 23.6 Å². The Morgan fingerprint density at radius 1 is 1.53 bits per heavy atom. The first-order valence-corrected chi connectivity index (χ1v) is 5.28. The van der Waals surface area contributed by atoms with Crippen LogP contribution in [0.25, 0.3) is 0 Å². The molecule has 5 heteroatoms. The molecule has 0 aromatic heterocycles. The summed E-state index contributed by atoms with van der Waals surface area (Å²) in [6, 6.07) is 4.79. The number of hydrogen-bond acceptors (Lipinski definition) is 4. The predicted octanol–water partition coefficient (Wildman–Crippen LogP) is 1.44. The van der Waals surface area contributed by atoms with Gasteiger partial charge in [0.15, 0.2) is 0 Å². The van der Waals surface area contributed by atoms with E-state index < -0.39 is 5.97 Å². The van der Waals surface area contributed by atoms with E-state index in [-0.39, 0.29) is 11.8 Å². The zero-order chi connectivity index (χ0) is 12.4. The monoisotopic (exact) mass is 235 g/mol. The number of hydrogen-bond donors (Lipinski definition) is 1. The van der Waals surface area contributed by atoms with Gasteiger partial charge < -0.3 is 14.8 Å². The maximum absolute atomic E-state index is 11.6. The van der Waals surface area contributed by atoms with Gasteiger partial charge in [-0.3, -0.25) is 4.79 Å². The third kappa shape index (κ3) is 2.22. The lowest BCUT2D eigenvalue weighted by molar-refractivity contribution is -0.119. The molecule has 5 nitrogen and oxygen atoms in total. The number of esters is 1. The molecule has 1 aliphatic heterocycles. The second-order valence-corrected chi connectivity index (χ2v) is 3.90. The summed E-state index contributed by atoms with van der Waals surface area (Å²) < 4.78 is 10.1. The minimum absolute atomic E-state index is 0.0884. The van der Waals surface area contributed by atoms with Crippen LogP contribution >= 0.6 is 0 Å². The fraction of sp³-hybridized carbons (Fsp3) is 0.333. The van der Waals surface area contributed by atoms with Crippen LogP contribution in [0.5, 0.6) is 5.75 Å². The van der Waals surface area contributed by atoms with Gasteiger partial charge in [0, 0.05) is 0 Å². The molecule has 1 aliphatic rings. The molecule has 0 bridgehead atoms. The Labute approximate surface area is 98.7 Å². The minimum atomic E-state index is -0.431. The summed E-state index contributed by atoms with van der Waals surface area (Å²) in [5.74, 6) is -0.246. The van der Waals surface area contributed by atoms with Crippen LogP contribution in [0.15, 0.2) is 18.2 Å². The van der Waals surface area contributed by atoms with Crippen molar-refractivity contribution >= 4 is 17.6 Å². The number of amides is 1. The van der Waals surface area contributed by atoms with Gasteiger partial charge in [-0.05, 0) is 18.2 Å². The van der Waals surface area contributed by atoms with E-state index in [1.54, 1.807) is 25.1 Å². The molecule has 1 N–H and O–H groups in total. The zero-order valence-electron chi connectivity index (χ0n) is 9.65.